The molecule has 1 saturated carbocycles. The van der Waals surface area contributed by atoms with Crippen LogP contribution >= 0.6 is 11.6 Å². The second-order valence-corrected chi connectivity index (χ2v) is 5.45. The standard InChI is InChI=1S/C16H16ClNO/c17-15-9-14(6-7-16(15)19)18-10-11-2-1-3-13(8-11)12-4-5-12/h1-3,6-9,12,18-19H,4-5,10H2. The van der Waals surface area contributed by atoms with Crippen molar-refractivity contribution in [2.24, 2.45) is 0 Å². The van der Waals surface area contributed by atoms with Gasteiger partial charge >= 0.3 is 0 Å². The molecule has 0 saturated heterocycles. The number of aromatic hydroxyl groups is 1. The highest BCUT2D eigenvalue weighted by atomic mass is 35.5. The summed E-state index contributed by atoms with van der Waals surface area (Å²) < 4.78 is 0. The molecule has 2 nitrogen and oxygen atoms in total. The van der Waals surface area contributed by atoms with Gasteiger partial charge in [-0.15, -0.1) is 0 Å². The zero-order valence-corrected chi connectivity index (χ0v) is 11.3. The SMILES string of the molecule is Oc1ccc(NCc2cccc(C3CC3)c2)cc1Cl. The highest BCUT2D eigenvalue weighted by molar-refractivity contribution is 6.32. The van der Waals surface area contributed by atoms with Gasteiger partial charge in [0.05, 0.1) is 5.02 Å². The Bertz CT molecular complexity index is 593. The van der Waals surface area contributed by atoms with Crippen molar-refractivity contribution >= 4 is 17.3 Å². The van der Waals surface area contributed by atoms with Crippen molar-refractivity contribution in [3.05, 3.63) is 58.6 Å². The van der Waals surface area contributed by atoms with Crippen LogP contribution in [0.25, 0.3) is 0 Å². The van der Waals surface area contributed by atoms with Crippen molar-refractivity contribution in [1.29, 1.82) is 0 Å². The highest BCUT2D eigenvalue weighted by Crippen LogP contribution is 2.40. The summed E-state index contributed by atoms with van der Waals surface area (Å²) in [6.07, 6.45) is 2.65. The summed E-state index contributed by atoms with van der Waals surface area (Å²) in [4.78, 5) is 0. The number of phenolic OH excluding ortho intramolecular Hbond substituents is 1. The minimum absolute atomic E-state index is 0.114. The first-order chi connectivity index (χ1) is 9.22. The van der Waals surface area contributed by atoms with E-state index in [9.17, 15) is 5.11 Å². The fourth-order valence-electron chi connectivity index (χ4n) is 2.19. The molecule has 1 aliphatic rings. The summed E-state index contributed by atoms with van der Waals surface area (Å²) in [5.41, 5.74) is 3.64. The molecule has 0 bridgehead atoms. The molecule has 2 N–H and O–H groups in total. The monoisotopic (exact) mass is 273 g/mol. The van der Waals surface area contributed by atoms with Crippen LogP contribution in [-0.4, -0.2) is 5.11 Å². The fraction of sp³-hybridized carbons (Fsp3) is 0.250. The minimum atomic E-state index is 0.114. The molecule has 1 aliphatic carbocycles. The van der Waals surface area contributed by atoms with Crippen LogP contribution in [0.2, 0.25) is 5.02 Å². The van der Waals surface area contributed by atoms with Crippen LogP contribution in [-0.2, 0) is 6.54 Å². The van der Waals surface area contributed by atoms with Crippen molar-refractivity contribution < 1.29 is 5.11 Å². The third-order valence-corrected chi connectivity index (χ3v) is 3.75. The molecule has 0 aliphatic heterocycles. The van der Waals surface area contributed by atoms with Crippen molar-refractivity contribution in [2.75, 3.05) is 5.32 Å². The van der Waals surface area contributed by atoms with Gasteiger partial charge in [0.2, 0.25) is 0 Å². The lowest BCUT2D eigenvalue weighted by Gasteiger charge is -2.09. The summed E-state index contributed by atoms with van der Waals surface area (Å²) in [6.45, 7) is 0.766. The number of benzene rings is 2. The minimum Gasteiger partial charge on any atom is -0.506 e. The molecule has 98 valence electrons. The van der Waals surface area contributed by atoms with E-state index in [1.54, 1.807) is 12.1 Å². The molecule has 2 aromatic carbocycles. The predicted octanol–water partition coefficient (Wildman–Crippen LogP) is 4.54. The normalized spacial score (nSPS) is 14.4. The van der Waals surface area contributed by atoms with E-state index >= 15 is 0 Å². The van der Waals surface area contributed by atoms with Crippen LogP contribution in [0.3, 0.4) is 0 Å². The Morgan fingerprint density at radius 3 is 2.74 bits per heavy atom. The maximum atomic E-state index is 9.37. The maximum absolute atomic E-state index is 9.37. The van der Waals surface area contributed by atoms with Gasteiger partial charge in [0.15, 0.2) is 0 Å². The van der Waals surface area contributed by atoms with Crippen molar-refractivity contribution in [2.45, 2.75) is 25.3 Å². The summed E-state index contributed by atoms with van der Waals surface area (Å²) >= 11 is 5.88. The van der Waals surface area contributed by atoms with Gasteiger partial charge in [-0.05, 0) is 48.1 Å². The molecule has 0 unspecified atom stereocenters. The van der Waals surface area contributed by atoms with E-state index in [2.05, 4.69) is 29.6 Å². The van der Waals surface area contributed by atoms with E-state index in [0.717, 1.165) is 18.2 Å². The van der Waals surface area contributed by atoms with Gasteiger partial charge < -0.3 is 10.4 Å². The van der Waals surface area contributed by atoms with Gasteiger partial charge in [0.25, 0.3) is 0 Å². The average Bonchev–Trinajstić information content (AvgIpc) is 3.25. The van der Waals surface area contributed by atoms with E-state index < -0.39 is 0 Å². The van der Waals surface area contributed by atoms with E-state index in [1.807, 2.05) is 6.07 Å². The first-order valence-corrected chi connectivity index (χ1v) is 6.91. The van der Waals surface area contributed by atoms with Crippen molar-refractivity contribution in [3.63, 3.8) is 0 Å². The first-order valence-electron chi connectivity index (χ1n) is 6.53. The fourth-order valence-corrected chi connectivity index (χ4v) is 2.38. The Morgan fingerprint density at radius 2 is 2.00 bits per heavy atom. The van der Waals surface area contributed by atoms with Crippen LogP contribution in [0.5, 0.6) is 5.75 Å². The molecule has 0 spiro atoms. The Balaban J connectivity index is 1.68. The maximum Gasteiger partial charge on any atom is 0.134 e. The molecular weight excluding hydrogens is 258 g/mol. The van der Waals surface area contributed by atoms with E-state index in [4.69, 9.17) is 11.6 Å². The number of hydrogen-bond donors (Lipinski definition) is 2. The number of hydrogen-bond acceptors (Lipinski definition) is 2. The lowest BCUT2D eigenvalue weighted by molar-refractivity contribution is 0.475. The Hall–Kier alpha value is -1.67. The van der Waals surface area contributed by atoms with Gasteiger partial charge in [-0.3, -0.25) is 0 Å². The lowest BCUT2D eigenvalue weighted by Crippen LogP contribution is -1.99. The molecule has 0 heterocycles. The summed E-state index contributed by atoms with van der Waals surface area (Å²) in [6, 6.07) is 13.9. The molecule has 0 aromatic heterocycles. The third-order valence-electron chi connectivity index (χ3n) is 3.44. The highest BCUT2D eigenvalue weighted by Gasteiger charge is 2.23. The molecule has 2 aromatic rings. The van der Waals surface area contributed by atoms with Gasteiger partial charge in [-0.2, -0.15) is 0 Å². The topological polar surface area (TPSA) is 32.3 Å². The van der Waals surface area contributed by atoms with Crippen LogP contribution < -0.4 is 5.32 Å². The number of nitrogens with one attached hydrogen (secondary N) is 1. The number of phenols is 1. The second kappa shape index (κ2) is 5.14. The van der Waals surface area contributed by atoms with Crippen molar-refractivity contribution in [3.8, 4) is 5.75 Å². The van der Waals surface area contributed by atoms with Gasteiger partial charge in [0.1, 0.15) is 5.75 Å². The zero-order chi connectivity index (χ0) is 13.2. The predicted molar refractivity (Wildman–Crippen MR) is 78.9 cm³/mol. The molecule has 0 atom stereocenters. The molecule has 1 fully saturated rings. The molecule has 3 heteroatoms. The first kappa shape index (κ1) is 12.4. The van der Waals surface area contributed by atoms with Gasteiger partial charge in [0, 0.05) is 12.2 Å². The summed E-state index contributed by atoms with van der Waals surface area (Å²) in [5, 5.41) is 13.1. The Morgan fingerprint density at radius 1 is 1.16 bits per heavy atom. The third kappa shape index (κ3) is 3.02. The molecule has 0 radical (unpaired) electrons. The smallest absolute Gasteiger partial charge is 0.134 e. The van der Waals surface area contributed by atoms with Crippen LogP contribution in [0.15, 0.2) is 42.5 Å². The zero-order valence-electron chi connectivity index (χ0n) is 10.6. The van der Waals surface area contributed by atoms with E-state index in [-0.39, 0.29) is 5.75 Å². The summed E-state index contributed by atoms with van der Waals surface area (Å²) in [5.74, 6) is 0.894. The lowest BCUT2D eigenvalue weighted by atomic mass is 10.1. The average molecular weight is 274 g/mol. The molecular formula is C16H16ClNO. The largest absolute Gasteiger partial charge is 0.506 e. The van der Waals surface area contributed by atoms with Crippen LogP contribution in [0.1, 0.15) is 29.9 Å². The van der Waals surface area contributed by atoms with Crippen LogP contribution in [0, 0.1) is 0 Å². The van der Waals surface area contributed by atoms with Gasteiger partial charge in [-0.1, -0.05) is 35.9 Å². The van der Waals surface area contributed by atoms with E-state index in [1.165, 1.54) is 24.0 Å². The molecule has 3 rings (SSSR count). The summed E-state index contributed by atoms with van der Waals surface area (Å²) in [7, 11) is 0. The van der Waals surface area contributed by atoms with E-state index in [0.29, 0.717) is 5.02 Å². The quantitative estimate of drug-likeness (QED) is 0.802. The Kier molecular flexibility index (Phi) is 3.34. The van der Waals surface area contributed by atoms with Crippen LogP contribution in [0.4, 0.5) is 5.69 Å². The number of anilines is 1. The van der Waals surface area contributed by atoms with Gasteiger partial charge in [-0.25, -0.2) is 0 Å². The Labute approximate surface area is 118 Å². The molecule has 19 heavy (non-hydrogen) atoms. The van der Waals surface area contributed by atoms with Crippen molar-refractivity contribution in [1.82, 2.24) is 0 Å². The second-order valence-electron chi connectivity index (χ2n) is 5.04. The number of halogens is 1. The number of rotatable bonds is 4. The molecule has 0 amide bonds.